The zero-order valence-electron chi connectivity index (χ0n) is 20.0. The number of hydrogen-bond donors (Lipinski definition) is 2. The molecule has 8 heteroatoms. The van der Waals surface area contributed by atoms with Crippen LogP contribution in [0.5, 0.6) is 0 Å². The van der Waals surface area contributed by atoms with Crippen LogP contribution in [0.25, 0.3) is 44.5 Å². The van der Waals surface area contributed by atoms with Gasteiger partial charge in [0.25, 0.3) is 11.1 Å². The van der Waals surface area contributed by atoms with Crippen molar-refractivity contribution in [2.24, 2.45) is 0 Å². The average Bonchev–Trinajstić information content (AvgIpc) is 3.30. The number of H-pyrrole nitrogens is 1. The summed E-state index contributed by atoms with van der Waals surface area (Å²) in [6.45, 7) is 5.34. The molecule has 6 rings (SSSR count). The van der Waals surface area contributed by atoms with Crippen molar-refractivity contribution in [1.82, 2.24) is 23.9 Å². The molecule has 0 unspecified atom stereocenters. The smallest absolute Gasteiger partial charge is 0.292 e. The minimum absolute atomic E-state index is 0.153. The number of benzene rings is 3. The highest BCUT2D eigenvalue weighted by molar-refractivity contribution is 5.83. The fourth-order valence-electron chi connectivity index (χ4n) is 4.74. The van der Waals surface area contributed by atoms with Crippen LogP contribution >= 0.6 is 0 Å². The van der Waals surface area contributed by atoms with Gasteiger partial charge in [0, 0.05) is 5.56 Å². The normalized spacial score (nSPS) is 12.1. The Morgan fingerprint density at radius 2 is 1.78 bits per heavy atom. The van der Waals surface area contributed by atoms with Crippen LogP contribution in [0.4, 0.5) is 0 Å². The Bertz CT molecular complexity index is 1940. The Kier molecular flexibility index (Phi) is 4.71. The lowest BCUT2D eigenvalue weighted by molar-refractivity contribution is 0.0787. The van der Waals surface area contributed by atoms with E-state index in [2.05, 4.69) is 15.0 Å². The van der Waals surface area contributed by atoms with Crippen molar-refractivity contribution < 1.29 is 5.11 Å². The molecular weight excluding hydrogens is 454 g/mol. The van der Waals surface area contributed by atoms with Gasteiger partial charge >= 0.3 is 0 Å². The van der Waals surface area contributed by atoms with Crippen LogP contribution in [-0.4, -0.2) is 29.0 Å². The second kappa shape index (κ2) is 7.73. The zero-order chi connectivity index (χ0) is 25.2. The topological polar surface area (TPSA) is 105 Å². The highest BCUT2D eigenvalue weighted by Gasteiger charge is 2.20. The first kappa shape index (κ1) is 21.9. The Morgan fingerprint density at radius 3 is 2.58 bits per heavy atom. The van der Waals surface area contributed by atoms with E-state index in [0.717, 1.165) is 22.3 Å². The first-order chi connectivity index (χ1) is 17.2. The van der Waals surface area contributed by atoms with E-state index in [1.54, 1.807) is 43.1 Å². The lowest BCUT2D eigenvalue weighted by Crippen LogP contribution is -2.19. The van der Waals surface area contributed by atoms with Crippen molar-refractivity contribution in [1.29, 1.82) is 0 Å². The van der Waals surface area contributed by atoms with Crippen LogP contribution in [0.3, 0.4) is 0 Å². The van der Waals surface area contributed by atoms with E-state index < -0.39 is 5.60 Å². The minimum atomic E-state index is -1.05. The van der Waals surface area contributed by atoms with Crippen molar-refractivity contribution in [3.8, 4) is 16.9 Å². The van der Waals surface area contributed by atoms with Crippen molar-refractivity contribution in [2.75, 3.05) is 0 Å². The summed E-state index contributed by atoms with van der Waals surface area (Å²) in [6, 6.07) is 18.4. The third-order valence-corrected chi connectivity index (χ3v) is 6.66. The highest BCUT2D eigenvalue weighted by atomic mass is 16.3. The number of aromatic amines is 1. The molecule has 0 bridgehead atoms. The van der Waals surface area contributed by atoms with Crippen LogP contribution in [0.1, 0.15) is 25.0 Å². The Morgan fingerprint density at radius 1 is 0.972 bits per heavy atom. The predicted molar refractivity (Wildman–Crippen MR) is 140 cm³/mol. The summed E-state index contributed by atoms with van der Waals surface area (Å²) in [7, 11) is 0. The second-order valence-corrected chi connectivity index (χ2v) is 9.43. The zero-order valence-corrected chi connectivity index (χ0v) is 20.0. The molecule has 178 valence electrons. The lowest BCUT2D eigenvalue weighted by Gasteiger charge is -2.18. The lowest BCUT2D eigenvalue weighted by atomic mass is 9.98. The van der Waals surface area contributed by atoms with Gasteiger partial charge in [0.2, 0.25) is 5.65 Å². The SMILES string of the molecule is Cc1c(-c2cnc3c(=O)[nH]c4cc(C(C)(C)O)ccc4n23)cccc1-n1cnc2ccccc2c1=O. The van der Waals surface area contributed by atoms with E-state index in [1.165, 1.54) is 0 Å². The molecule has 3 aromatic heterocycles. The van der Waals surface area contributed by atoms with E-state index in [9.17, 15) is 14.7 Å². The van der Waals surface area contributed by atoms with E-state index in [4.69, 9.17) is 0 Å². The van der Waals surface area contributed by atoms with Gasteiger partial charge in [-0.3, -0.25) is 18.6 Å². The number of nitrogens with zero attached hydrogens (tertiary/aromatic N) is 4. The number of para-hydroxylation sites is 1. The molecule has 8 nitrogen and oxygen atoms in total. The number of fused-ring (bicyclic) bond motifs is 4. The summed E-state index contributed by atoms with van der Waals surface area (Å²) < 4.78 is 3.36. The summed E-state index contributed by atoms with van der Waals surface area (Å²) in [5.41, 5.74) is 4.51. The maximum Gasteiger partial charge on any atom is 0.292 e. The molecule has 0 aliphatic rings. The number of aromatic nitrogens is 5. The maximum absolute atomic E-state index is 13.3. The van der Waals surface area contributed by atoms with Crippen LogP contribution in [0.15, 0.2) is 82.8 Å². The molecule has 6 aromatic rings. The molecule has 0 saturated heterocycles. The Balaban J connectivity index is 1.61. The fourth-order valence-corrected chi connectivity index (χ4v) is 4.74. The molecule has 0 atom stereocenters. The average molecular weight is 478 g/mol. The third-order valence-electron chi connectivity index (χ3n) is 6.66. The summed E-state index contributed by atoms with van der Waals surface area (Å²) in [5.74, 6) is 0. The van der Waals surface area contributed by atoms with E-state index in [0.29, 0.717) is 27.7 Å². The van der Waals surface area contributed by atoms with Gasteiger partial charge < -0.3 is 10.1 Å². The second-order valence-electron chi connectivity index (χ2n) is 9.43. The van der Waals surface area contributed by atoms with Gasteiger partial charge in [0.15, 0.2) is 0 Å². The molecule has 0 fully saturated rings. The minimum Gasteiger partial charge on any atom is -0.386 e. The molecule has 0 radical (unpaired) electrons. The highest BCUT2D eigenvalue weighted by Crippen LogP contribution is 2.30. The van der Waals surface area contributed by atoms with Crippen LogP contribution in [0.2, 0.25) is 0 Å². The standard InChI is InChI=1S/C28H23N5O3/c1-16-18(8-6-10-22(16)32-15-30-20-9-5-4-7-19(20)27(32)35)24-14-29-25-26(34)31-21-13-17(28(2,3)36)11-12-23(21)33(24)25/h4-15,36H,1-3H3,(H,31,34). The van der Waals surface area contributed by atoms with Gasteiger partial charge in [-0.2, -0.15) is 0 Å². The number of hydrogen-bond acceptors (Lipinski definition) is 5. The van der Waals surface area contributed by atoms with Crippen LogP contribution in [-0.2, 0) is 5.60 Å². The first-order valence-corrected chi connectivity index (χ1v) is 11.6. The molecule has 0 saturated carbocycles. The summed E-state index contributed by atoms with van der Waals surface area (Å²) in [6.07, 6.45) is 3.21. The number of rotatable bonds is 3. The molecule has 0 spiro atoms. The monoisotopic (exact) mass is 477 g/mol. The Hall–Kier alpha value is -4.56. The quantitative estimate of drug-likeness (QED) is 0.400. The molecule has 0 aliphatic carbocycles. The first-order valence-electron chi connectivity index (χ1n) is 11.6. The van der Waals surface area contributed by atoms with E-state index >= 15 is 0 Å². The van der Waals surface area contributed by atoms with Crippen molar-refractivity contribution in [2.45, 2.75) is 26.4 Å². The fraction of sp³-hybridized carbons (Fsp3) is 0.143. The van der Waals surface area contributed by atoms with Gasteiger partial charge in [-0.25, -0.2) is 9.97 Å². The van der Waals surface area contributed by atoms with Gasteiger partial charge in [0.1, 0.15) is 6.33 Å². The maximum atomic E-state index is 13.3. The van der Waals surface area contributed by atoms with Crippen LogP contribution < -0.4 is 11.1 Å². The molecular formula is C28H23N5O3. The van der Waals surface area contributed by atoms with Crippen molar-refractivity contribution in [3.05, 3.63) is 105 Å². The van der Waals surface area contributed by atoms with Crippen molar-refractivity contribution in [3.63, 3.8) is 0 Å². The molecule has 36 heavy (non-hydrogen) atoms. The van der Waals surface area contributed by atoms with Gasteiger partial charge in [-0.05, 0) is 62.2 Å². The number of aliphatic hydroxyl groups is 1. The van der Waals surface area contributed by atoms with Gasteiger partial charge in [-0.1, -0.05) is 30.3 Å². The van der Waals surface area contributed by atoms with E-state index in [-0.39, 0.29) is 16.8 Å². The predicted octanol–water partition coefficient (Wildman–Crippen LogP) is 4.08. The number of nitrogens with one attached hydrogen (secondary N) is 1. The number of imidazole rings is 1. The molecule has 2 N–H and O–H groups in total. The molecule has 0 aliphatic heterocycles. The largest absolute Gasteiger partial charge is 0.386 e. The van der Waals surface area contributed by atoms with Crippen LogP contribution in [0, 0.1) is 6.92 Å². The molecule has 0 amide bonds. The summed E-state index contributed by atoms with van der Waals surface area (Å²) >= 11 is 0. The third kappa shape index (κ3) is 3.26. The molecule has 3 aromatic carbocycles. The van der Waals surface area contributed by atoms with Crippen molar-refractivity contribution >= 4 is 27.6 Å². The molecule has 3 heterocycles. The summed E-state index contributed by atoms with van der Waals surface area (Å²) in [4.78, 5) is 37.9. The van der Waals surface area contributed by atoms with Gasteiger partial charge in [0.05, 0.1) is 45.1 Å². The van der Waals surface area contributed by atoms with Gasteiger partial charge in [-0.15, -0.1) is 0 Å². The Labute approximate surface area is 205 Å². The van der Waals surface area contributed by atoms with E-state index in [1.807, 2.05) is 59.9 Å². The summed E-state index contributed by atoms with van der Waals surface area (Å²) in [5, 5.41) is 11.0.